The van der Waals surface area contributed by atoms with Crippen LogP contribution < -0.4 is 19.5 Å². The molecule has 2 aromatic carbocycles. The summed E-state index contributed by atoms with van der Waals surface area (Å²) in [5, 5.41) is 7.69. The summed E-state index contributed by atoms with van der Waals surface area (Å²) in [4.78, 5) is 24.1. The molecule has 2 aliphatic heterocycles. The second kappa shape index (κ2) is 8.62. The van der Waals surface area contributed by atoms with E-state index in [0.29, 0.717) is 0 Å². The van der Waals surface area contributed by atoms with E-state index in [1.807, 2.05) is 0 Å². The monoisotopic (exact) mass is 455 g/mol. The summed E-state index contributed by atoms with van der Waals surface area (Å²) in [6, 6.07) is 7.07. The number of nitrogens with zero attached hydrogens (tertiary/aromatic N) is 2. The highest BCUT2D eigenvalue weighted by molar-refractivity contribution is 6.00. The number of halogens is 2. The SMILES string of the molecule is O=C1/C=C\C(=O)Oc2c(F)c(cc3c2c(OC[C@H]2CCCNC2)nn3-c2ccccc2F)O1. The molecule has 33 heavy (non-hydrogen) atoms. The van der Waals surface area contributed by atoms with Crippen LogP contribution in [0.15, 0.2) is 42.5 Å². The van der Waals surface area contributed by atoms with Crippen LogP contribution in [0.5, 0.6) is 17.4 Å². The number of piperidine rings is 1. The van der Waals surface area contributed by atoms with Gasteiger partial charge in [-0.3, -0.25) is 0 Å². The molecular formula is C23H19F2N3O5. The lowest BCUT2D eigenvalue weighted by Gasteiger charge is -2.22. The molecule has 3 aromatic rings. The van der Waals surface area contributed by atoms with Gasteiger partial charge in [-0.1, -0.05) is 12.1 Å². The summed E-state index contributed by atoms with van der Waals surface area (Å²) in [6.07, 6.45) is 3.61. The fourth-order valence-corrected chi connectivity index (χ4v) is 3.92. The van der Waals surface area contributed by atoms with Gasteiger partial charge in [-0.25, -0.2) is 18.7 Å². The quantitative estimate of drug-likeness (QED) is 0.478. The third kappa shape index (κ3) is 4.05. The molecule has 0 saturated carbocycles. The predicted molar refractivity (Wildman–Crippen MR) is 112 cm³/mol. The topological polar surface area (TPSA) is 91.7 Å². The molecule has 1 saturated heterocycles. The van der Waals surface area contributed by atoms with Crippen molar-refractivity contribution in [3.8, 4) is 23.1 Å². The van der Waals surface area contributed by atoms with Crippen LogP contribution in [-0.2, 0) is 9.59 Å². The molecular weight excluding hydrogens is 436 g/mol. The van der Waals surface area contributed by atoms with Crippen LogP contribution in [0.4, 0.5) is 8.78 Å². The fourth-order valence-electron chi connectivity index (χ4n) is 3.92. The van der Waals surface area contributed by atoms with Gasteiger partial charge in [0, 0.05) is 30.7 Å². The molecule has 2 bridgehead atoms. The van der Waals surface area contributed by atoms with Crippen molar-refractivity contribution in [2.24, 2.45) is 5.92 Å². The molecule has 1 fully saturated rings. The molecule has 3 heterocycles. The zero-order valence-corrected chi connectivity index (χ0v) is 17.3. The van der Waals surface area contributed by atoms with E-state index in [1.165, 1.54) is 28.9 Å². The fraction of sp³-hybridized carbons (Fsp3) is 0.261. The molecule has 0 radical (unpaired) electrons. The van der Waals surface area contributed by atoms with Crippen molar-refractivity contribution in [3.63, 3.8) is 0 Å². The summed E-state index contributed by atoms with van der Waals surface area (Å²) >= 11 is 0. The van der Waals surface area contributed by atoms with Gasteiger partial charge >= 0.3 is 11.9 Å². The van der Waals surface area contributed by atoms with Crippen molar-refractivity contribution in [1.29, 1.82) is 0 Å². The van der Waals surface area contributed by atoms with Gasteiger partial charge in [0.15, 0.2) is 11.5 Å². The third-order valence-corrected chi connectivity index (χ3v) is 5.50. The maximum Gasteiger partial charge on any atom is 0.336 e. The average Bonchev–Trinajstić information content (AvgIpc) is 3.18. The minimum atomic E-state index is -1.06. The number of rotatable bonds is 4. The minimum absolute atomic E-state index is 0.0263. The summed E-state index contributed by atoms with van der Waals surface area (Å²) in [5.74, 6) is -4.41. The highest BCUT2D eigenvalue weighted by Crippen LogP contribution is 2.42. The van der Waals surface area contributed by atoms with Crippen molar-refractivity contribution in [2.45, 2.75) is 12.8 Å². The number of esters is 2. The number of carbonyl (C=O) groups is 2. The van der Waals surface area contributed by atoms with E-state index >= 15 is 4.39 Å². The molecule has 1 atom stereocenters. The first-order valence-electron chi connectivity index (χ1n) is 10.5. The Kier molecular flexibility index (Phi) is 5.51. The second-order valence-electron chi connectivity index (χ2n) is 7.78. The van der Waals surface area contributed by atoms with Gasteiger partial charge in [0.25, 0.3) is 0 Å². The Morgan fingerprint density at radius 1 is 1.15 bits per heavy atom. The van der Waals surface area contributed by atoms with Crippen molar-refractivity contribution in [2.75, 3.05) is 19.7 Å². The van der Waals surface area contributed by atoms with Gasteiger partial charge in [-0.05, 0) is 31.5 Å². The Hall–Kier alpha value is -3.79. The van der Waals surface area contributed by atoms with Crippen LogP contribution in [0.25, 0.3) is 16.6 Å². The first-order chi connectivity index (χ1) is 16.0. The van der Waals surface area contributed by atoms with Gasteiger partial charge in [0.05, 0.1) is 12.1 Å². The molecule has 5 rings (SSSR count). The van der Waals surface area contributed by atoms with Gasteiger partial charge in [-0.2, -0.15) is 4.39 Å². The Bertz CT molecular complexity index is 1280. The summed E-state index contributed by atoms with van der Waals surface area (Å²) in [5.41, 5.74) is 0.205. The molecule has 0 amide bonds. The molecule has 1 N–H and O–H groups in total. The first kappa shape index (κ1) is 21.1. The lowest BCUT2D eigenvalue weighted by atomic mass is 10.0. The molecule has 0 unspecified atom stereocenters. The van der Waals surface area contributed by atoms with E-state index < -0.39 is 35.1 Å². The number of aromatic nitrogens is 2. The van der Waals surface area contributed by atoms with Crippen LogP contribution in [0.2, 0.25) is 0 Å². The molecule has 0 spiro atoms. The zero-order valence-electron chi connectivity index (χ0n) is 17.3. The number of fused-ring (bicyclic) bond motifs is 4. The maximum absolute atomic E-state index is 15.3. The molecule has 170 valence electrons. The number of nitrogens with one attached hydrogen (secondary N) is 1. The van der Waals surface area contributed by atoms with E-state index in [4.69, 9.17) is 14.2 Å². The van der Waals surface area contributed by atoms with Gasteiger partial charge in [-0.15, -0.1) is 5.10 Å². The van der Waals surface area contributed by atoms with E-state index in [0.717, 1.165) is 38.1 Å². The van der Waals surface area contributed by atoms with E-state index in [1.54, 1.807) is 6.07 Å². The Morgan fingerprint density at radius 2 is 1.94 bits per heavy atom. The largest absolute Gasteiger partial charge is 0.476 e. The average molecular weight is 455 g/mol. The van der Waals surface area contributed by atoms with Gasteiger partial charge in [0.1, 0.15) is 16.9 Å². The molecule has 2 aliphatic rings. The number of ether oxygens (including phenoxy) is 3. The number of benzene rings is 2. The number of para-hydroxylation sites is 1. The van der Waals surface area contributed by atoms with Gasteiger partial charge in [0.2, 0.25) is 11.7 Å². The second-order valence-corrected chi connectivity index (χ2v) is 7.78. The molecule has 10 heteroatoms. The first-order valence-corrected chi connectivity index (χ1v) is 10.5. The lowest BCUT2D eigenvalue weighted by Crippen LogP contribution is -2.33. The van der Waals surface area contributed by atoms with Crippen LogP contribution in [0, 0.1) is 17.6 Å². The Labute approximate surface area is 186 Å². The maximum atomic E-state index is 15.3. The van der Waals surface area contributed by atoms with Crippen LogP contribution in [-0.4, -0.2) is 41.4 Å². The molecule has 0 aliphatic carbocycles. The van der Waals surface area contributed by atoms with E-state index in [-0.39, 0.29) is 35.0 Å². The van der Waals surface area contributed by atoms with Crippen molar-refractivity contribution in [3.05, 3.63) is 54.1 Å². The number of hydrogen-bond donors (Lipinski definition) is 1. The standard InChI is InChI=1S/C23H19F2N3O5/c24-14-5-1-2-6-15(14)28-16-10-17-21(25)22(33-19(30)8-7-18(29)32-17)20(16)23(27-28)31-12-13-4-3-9-26-11-13/h1-2,5-8,10,13,26H,3-4,9,11-12H2/b8-7-/t13-/m0/s1. The normalized spacial score (nSPS) is 19.3. The Morgan fingerprint density at radius 3 is 2.70 bits per heavy atom. The van der Waals surface area contributed by atoms with Crippen LogP contribution >= 0.6 is 0 Å². The minimum Gasteiger partial charge on any atom is -0.476 e. The smallest absolute Gasteiger partial charge is 0.336 e. The zero-order chi connectivity index (χ0) is 22.9. The summed E-state index contributed by atoms with van der Waals surface area (Å²) in [7, 11) is 0. The highest BCUT2D eigenvalue weighted by atomic mass is 19.1. The summed E-state index contributed by atoms with van der Waals surface area (Å²) < 4.78 is 47.3. The van der Waals surface area contributed by atoms with Crippen molar-refractivity contribution < 1.29 is 32.6 Å². The number of hydrogen-bond acceptors (Lipinski definition) is 7. The van der Waals surface area contributed by atoms with Crippen molar-refractivity contribution in [1.82, 2.24) is 15.1 Å². The molecule has 1 aromatic heterocycles. The van der Waals surface area contributed by atoms with Crippen LogP contribution in [0.1, 0.15) is 12.8 Å². The van der Waals surface area contributed by atoms with Crippen LogP contribution in [0.3, 0.4) is 0 Å². The van der Waals surface area contributed by atoms with Gasteiger partial charge < -0.3 is 19.5 Å². The molecule has 8 nitrogen and oxygen atoms in total. The number of carbonyl (C=O) groups excluding carboxylic acids is 2. The van der Waals surface area contributed by atoms with E-state index in [2.05, 4.69) is 10.4 Å². The predicted octanol–water partition coefficient (Wildman–Crippen LogP) is 3.06. The summed E-state index contributed by atoms with van der Waals surface area (Å²) in [6.45, 7) is 1.97. The lowest BCUT2D eigenvalue weighted by molar-refractivity contribution is -0.131. The third-order valence-electron chi connectivity index (χ3n) is 5.50. The van der Waals surface area contributed by atoms with Crippen molar-refractivity contribution >= 4 is 22.8 Å². The Balaban J connectivity index is 1.70. The highest BCUT2D eigenvalue weighted by Gasteiger charge is 2.29. The van der Waals surface area contributed by atoms with E-state index in [9.17, 15) is 14.0 Å².